The molecule has 0 fully saturated rings. The molecule has 0 bridgehead atoms. The molecule has 1 aromatic carbocycles. The van der Waals surface area contributed by atoms with E-state index in [1.165, 1.54) is 11.1 Å². The number of benzene rings is 1. The van der Waals surface area contributed by atoms with E-state index < -0.39 is 5.91 Å². The Morgan fingerprint density at radius 2 is 1.83 bits per heavy atom. The first-order valence-corrected chi connectivity index (χ1v) is 7.97. The van der Waals surface area contributed by atoms with E-state index in [2.05, 4.69) is 10.8 Å². The van der Waals surface area contributed by atoms with Crippen molar-refractivity contribution < 1.29 is 19.1 Å². The van der Waals surface area contributed by atoms with Gasteiger partial charge in [0.15, 0.2) is 0 Å². The Balaban J connectivity index is 0.000000351. The van der Waals surface area contributed by atoms with Gasteiger partial charge in [-0.1, -0.05) is 24.3 Å². The lowest BCUT2D eigenvalue weighted by Gasteiger charge is -2.28. The summed E-state index contributed by atoms with van der Waals surface area (Å²) in [6.07, 6.45) is 1.24. The number of carbonyl (C=O) groups excluding carboxylic acids is 3. The zero-order valence-corrected chi connectivity index (χ0v) is 14.6. The molecule has 0 spiro atoms. The van der Waals surface area contributed by atoms with Crippen molar-refractivity contribution in [3.63, 3.8) is 0 Å². The van der Waals surface area contributed by atoms with Gasteiger partial charge in [-0.15, -0.1) is 0 Å². The van der Waals surface area contributed by atoms with Crippen molar-refractivity contribution in [3.8, 4) is 0 Å². The molecule has 1 heterocycles. The number of nitrogens with two attached hydrogens (primary N) is 1. The third kappa shape index (κ3) is 7.26. The second-order valence-corrected chi connectivity index (χ2v) is 6.63. The maximum atomic E-state index is 11.8. The summed E-state index contributed by atoms with van der Waals surface area (Å²) in [5, 5.41) is 0. The van der Waals surface area contributed by atoms with Gasteiger partial charge in [0.05, 0.1) is 0 Å². The zero-order valence-electron chi connectivity index (χ0n) is 14.6. The molecule has 0 saturated carbocycles. The largest absolute Gasteiger partial charge is 0.462 e. The zero-order chi connectivity index (χ0) is 18.2. The lowest BCUT2D eigenvalue weighted by atomic mass is 9.99. The molecular formula is C18H26N2O4. The molecule has 0 aliphatic carbocycles. The lowest BCUT2D eigenvalue weighted by Crippen LogP contribution is -2.36. The van der Waals surface area contributed by atoms with Crippen LogP contribution in [-0.4, -0.2) is 35.3 Å². The Kier molecular flexibility index (Phi) is 7.42. The smallest absolute Gasteiger partial charge is 0.293 e. The Hall–Kier alpha value is -2.37. The predicted molar refractivity (Wildman–Crippen MR) is 90.9 cm³/mol. The van der Waals surface area contributed by atoms with Crippen LogP contribution in [-0.2, 0) is 32.1 Å². The summed E-state index contributed by atoms with van der Waals surface area (Å²) in [4.78, 5) is 33.9. The third-order valence-electron chi connectivity index (χ3n) is 3.47. The fourth-order valence-electron chi connectivity index (χ4n) is 2.24. The van der Waals surface area contributed by atoms with Crippen LogP contribution in [0.1, 0.15) is 44.7 Å². The molecule has 24 heavy (non-hydrogen) atoms. The highest BCUT2D eigenvalue weighted by Crippen LogP contribution is 2.19. The Morgan fingerprint density at radius 1 is 1.21 bits per heavy atom. The number of hydrogen-bond donors (Lipinski definition) is 1. The first-order chi connectivity index (χ1) is 11.2. The van der Waals surface area contributed by atoms with E-state index in [9.17, 15) is 14.4 Å². The molecule has 0 saturated heterocycles. The Labute approximate surface area is 143 Å². The van der Waals surface area contributed by atoms with E-state index in [0.29, 0.717) is 13.0 Å². The summed E-state index contributed by atoms with van der Waals surface area (Å²) >= 11 is 0. The highest BCUT2D eigenvalue weighted by molar-refractivity contribution is 5.83. The minimum absolute atomic E-state index is 0.0123. The number of ether oxygens (including phenoxy) is 1. The van der Waals surface area contributed by atoms with Crippen LogP contribution < -0.4 is 5.73 Å². The van der Waals surface area contributed by atoms with Crippen molar-refractivity contribution in [1.82, 2.24) is 4.90 Å². The van der Waals surface area contributed by atoms with E-state index >= 15 is 0 Å². The van der Waals surface area contributed by atoms with Crippen molar-refractivity contribution in [1.29, 1.82) is 0 Å². The number of nitrogens with zero attached hydrogens (tertiary/aromatic N) is 1. The molecule has 1 aliphatic rings. The minimum Gasteiger partial charge on any atom is -0.462 e. The van der Waals surface area contributed by atoms with Gasteiger partial charge in [0.1, 0.15) is 5.60 Å². The number of amides is 2. The summed E-state index contributed by atoms with van der Waals surface area (Å²) in [5.41, 5.74) is 7.23. The average molecular weight is 334 g/mol. The number of hydrogen-bond acceptors (Lipinski definition) is 4. The van der Waals surface area contributed by atoms with Crippen LogP contribution in [0.4, 0.5) is 0 Å². The van der Waals surface area contributed by atoms with Gasteiger partial charge in [0.2, 0.25) is 11.8 Å². The van der Waals surface area contributed by atoms with Crippen LogP contribution in [0.3, 0.4) is 0 Å². The third-order valence-corrected chi connectivity index (χ3v) is 3.47. The van der Waals surface area contributed by atoms with Gasteiger partial charge in [-0.3, -0.25) is 14.4 Å². The molecule has 2 amide bonds. The van der Waals surface area contributed by atoms with Crippen LogP contribution in [0.2, 0.25) is 0 Å². The van der Waals surface area contributed by atoms with E-state index in [4.69, 9.17) is 5.73 Å². The Bertz CT molecular complexity index is 579. The normalized spacial score (nSPS) is 13.2. The molecule has 0 atom stereocenters. The molecule has 0 radical (unpaired) electrons. The van der Waals surface area contributed by atoms with Crippen molar-refractivity contribution >= 4 is 18.3 Å². The van der Waals surface area contributed by atoms with Crippen molar-refractivity contribution in [2.24, 2.45) is 5.73 Å². The Morgan fingerprint density at radius 3 is 2.33 bits per heavy atom. The molecular weight excluding hydrogens is 308 g/mol. The highest BCUT2D eigenvalue weighted by atomic mass is 16.5. The van der Waals surface area contributed by atoms with Gasteiger partial charge < -0.3 is 15.4 Å². The van der Waals surface area contributed by atoms with E-state index in [-0.39, 0.29) is 24.3 Å². The molecule has 2 rings (SSSR count). The fraction of sp³-hybridized carbons (Fsp3) is 0.500. The lowest BCUT2D eigenvalue weighted by molar-refractivity contribution is -0.138. The van der Waals surface area contributed by atoms with Gasteiger partial charge in [-0.25, -0.2) is 0 Å². The fourth-order valence-corrected chi connectivity index (χ4v) is 2.24. The summed E-state index contributed by atoms with van der Waals surface area (Å²) in [7, 11) is 0. The second kappa shape index (κ2) is 9.05. The minimum atomic E-state index is -0.421. The second-order valence-electron chi connectivity index (χ2n) is 6.63. The van der Waals surface area contributed by atoms with Crippen LogP contribution in [0.15, 0.2) is 24.3 Å². The summed E-state index contributed by atoms with van der Waals surface area (Å²) in [6, 6.07) is 8.14. The van der Waals surface area contributed by atoms with Crippen LogP contribution in [0.25, 0.3) is 0 Å². The van der Waals surface area contributed by atoms with Crippen LogP contribution in [0, 0.1) is 0 Å². The summed E-state index contributed by atoms with van der Waals surface area (Å²) in [6.45, 7) is 7.30. The van der Waals surface area contributed by atoms with Crippen molar-refractivity contribution in [2.75, 3.05) is 6.54 Å². The quantitative estimate of drug-likeness (QED) is 0.850. The molecule has 2 N–H and O–H groups in total. The number of carbonyl (C=O) groups is 3. The molecule has 0 aromatic heterocycles. The predicted octanol–water partition coefficient (Wildman–Crippen LogP) is 1.79. The van der Waals surface area contributed by atoms with Crippen molar-refractivity contribution in [3.05, 3.63) is 35.4 Å². The topological polar surface area (TPSA) is 89.7 Å². The first-order valence-electron chi connectivity index (χ1n) is 7.97. The SMILES string of the molecule is CC(C)(C)OC=O.NC(=O)CCC(=O)N1CCc2ccccc2C1. The van der Waals surface area contributed by atoms with E-state index in [1.807, 2.05) is 39.0 Å². The van der Waals surface area contributed by atoms with Gasteiger partial charge in [-0.2, -0.15) is 0 Å². The van der Waals surface area contributed by atoms with Gasteiger partial charge in [0.25, 0.3) is 6.47 Å². The maximum absolute atomic E-state index is 11.8. The first kappa shape index (κ1) is 19.7. The van der Waals surface area contributed by atoms with Crippen LogP contribution in [0.5, 0.6) is 0 Å². The van der Waals surface area contributed by atoms with Gasteiger partial charge >= 0.3 is 0 Å². The highest BCUT2D eigenvalue weighted by Gasteiger charge is 2.20. The maximum Gasteiger partial charge on any atom is 0.293 e. The molecule has 1 aromatic rings. The van der Waals surface area contributed by atoms with Crippen molar-refractivity contribution in [2.45, 2.75) is 52.2 Å². The number of fused-ring (bicyclic) bond motifs is 1. The number of primary amides is 1. The molecule has 132 valence electrons. The molecule has 6 nitrogen and oxygen atoms in total. The van der Waals surface area contributed by atoms with E-state index in [1.54, 1.807) is 4.90 Å². The molecule has 6 heteroatoms. The monoisotopic (exact) mass is 334 g/mol. The number of rotatable bonds is 4. The van der Waals surface area contributed by atoms with Gasteiger partial charge in [0, 0.05) is 25.9 Å². The van der Waals surface area contributed by atoms with E-state index in [0.717, 1.165) is 13.0 Å². The average Bonchev–Trinajstić information content (AvgIpc) is 2.51. The summed E-state index contributed by atoms with van der Waals surface area (Å²) in [5.74, 6) is -0.408. The summed E-state index contributed by atoms with van der Waals surface area (Å²) < 4.78 is 4.55. The molecule has 1 aliphatic heterocycles. The van der Waals surface area contributed by atoms with Gasteiger partial charge in [-0.05, 0) is 38.3 Å². The molecule has 0 unspecified atom stereocenters. The van der Waals surface area contributed by atoms with Crippen LogP contribution >= 0.6 is 0 Å². The standard InChI is InChI=1S/C13H16N2O2.C5H10O2/c14-12(16)5-6-13(17)15-8-7-10-3-1-2-4-11(10)9-15;1-5(2,3)7-4-6/h1-4H,5-9H2,(H2,14,16);4H,1-3H3.